The zero-order valence-corrected chi connectivity index (χ0v) is 18.6. The lowest BCUT2D eigenvalue weighted by Gasteiger charge is -2.23. The molecule has 0 saturated carbocycles. The van der Waals surface area contributed by atoms with E-state index in [1.54, 1.807) is 24.3 Å². The first-order valence-electron chi connectivity index (χ1n) is 11.0. The fourth-order valence-corrected chi connectivity index (χ4v) is 4.29. The minimum Gasteiger partial charge on any atom is -0.480 e. The van der Waals surface area contributed by atoms with Crippen LogP contribution in [0.3, 0.4) is 0 Å². The van der Waals surface area contributed by atoms with Crippen LogP contribution in [0.25, 0.3) is 0 Å². The highest BCUT2D eigenvalue weighted by molar-refractivity contribution is 6.10. The number of carboxylic acid groups (broad SMARTS) is 1. The van der Waals surface area contributed by atoms with Gasteiger partial charge in [0.15, 0.2) is 0 Å². The zero-order valence-electron chi connectivity index (χ0n) is 18.6. The molecule has 33 heavy (non-hydrogen) atoms. The van der Waals surface area contributed by atoms with Crippen LogP contribution in [-0.2, 0) is 22.4 Å². The summed E-state index contributed by atoms with van der Waals surface area (Å²) in [6.45, 7) is 3.99. The van der Waals surface area contributed by atoms with E-state index in [0.717, 1.165) is 11.1 Å². The molecule has 1 aliphatic heterocycles. The van der Waals surface area contributed by atoms with E-state index in [1.165, 1.54) is 4.90 Å². The Kier molecular flexibility index (Phi) is 6.31. The molecule has 2 amide bonds. The van der Waals surface area contributed by atoms with Crippen LogP contribution in [0.5, 0.6) is 0 Å². The number of fused-ring (bicyclic) bond motifs is 1. The van der Waals surface area contributed by atoms with Gasteiger partial charge in [0.05, 0.1) is 12.5 Å². The van der Waals surface area contributed by atoms with Gasteiger partial charge in [0.2, 0.25) is 5.91 Å². The Morgan fingerprint density at radius 1 is 1.03 bits per heavy atom. The van der Waals surface area contributed by atoms with Crippen molar-refractivity contribution in [2.75, 3.05) is 4.90 Å². The molecule has 0 spiro atoms. The number of rotatable bonds is 7. The summed E-state index contributed by atoms with van der Waals surface area (Å²) in [5, 5.41) is 12.7. The normalized spacial score (nSPS) is 15.8. The first-order valence-corrected chi connectivity index (χ1v) is 11.0. The summed E-state index contributed by atoms with van der Waals surface area (Å²) in [5.74, 6) is -1.48. The summed E-state index contributed by atoms with van der Waals surface area (Å²) in [4.78, 5) is 42.3. The van der Waals surface area contributed by atoms with Crippen molar-refractivity contribution in [3.8, 4) is 0 Å². The Labute approximate surface area is 192 Å². The number of hydrogen-bond acceptors (Lipinski definition) is 3. The Morgan fingerprint density at radius 2 is 1.73 bits per heavy atom. The van der Waals surface area contributed by atoms with E-state index in [0.29, 0.717) is 11.4 Å². The van der Waals surface area contributed by atoms with E-state index in [2.05, 4.69) is 10.3 Å². The average Bonchev–Trinajstić information content (AvgIpc) is 3.43. The van der Waals surface area contributed by atoms with Crippen molar-refractivity contribution >= 4 is 23.5 Å². The van der Waals surface area contributed by atoms with Crippen LogP contribution in [0.1, 0.15) is 47.2 Å². The van der Waals surface area contributed by atoms with Gasteiger partial charge in [0.1, 0.15) is 11.7 Å². The maximum atomic E-state index is 13.3. The molecule has 3 N–H and O–H groups in total. The third-order valence-electron chi connectivity index (χ3n) is 5.94. The number of carbonyl (C=O) groups is 3. The Bertz CT molecular complexity index is 1170. The summed E-state index contributed by atoms with van der Waals surface area (Å²) in [5.41, 5.74) is 3.36. The number of aromatic amines is 1. The second-order valence-corrected chi connectivity index (χ2v) is 8.64. The predicted molar refractivity (Wildman–Crippen MR) is 125 cm³/mol. The SMILES string of the molecule is CC(C)[C@H](NC(=O)Cc1ccccc1)c1ccc(C(=O)N2c3ccccc3C[C@H]2C(=O)O)[nH]1. The van der Waals surface area contributed by atoms with Crippen LogP contribution in [0.2, 0.25) is 0 Å². The van der Waals surface area contributed by atoms with E-state index in [4.69, 9.17) is 0 Å². The number of hydrogen-bond donors (Lipinski definition) is 3. The quantitative estimate of drug-likeness (QED) is 0.516. The maximum absolute atomic E-state index is 13.3. The lowest BCUT2D eigenvalue weighted by Crippen LogP contribution is -2.43. The molecule has 0 saturated heterocycles. The lowest BCUT2D eigenvalue weighted by molar-refractivity contribution is -0.138. The third-order valence-corrected chi connectivity index (χ3v) is 5.94. The second kappa shape index (κ2) is 9.32. The number of H-pyrrole nitrogens is 1. The Balaban J connectivity index is 1.54. The van der Waals surface area contributed by atoms with E-state index >= 15 is 0 Å². The molecule has 1 aromatic heterocycles. The highest BCUT2D eigenvalue weighted by atomic mass is 16.4. The van der Waals surface area contributed by atoms with Crippen molar-refractivity contribution in [3.05, 3.63) is 89.2 Å². The number of carboxylic acids is 1. The smallest absolute Gasteiger partial charge is 0.327 e. The molecular formula is C26H27N3O4. The van der Waals surface area contributed by atoms with Crippen LogP contribution in [-0.4, -0.2) is 33.9 Å². The number of para-hydroxylation sites is 1. The van der Waals surface area contributed by atoms with Gasteiger partial charge in [-0.3, -0.25) is 14.5 Å². The molecule has 0 aliphatic carbocycles. The van der Waals surface area contributed by atoms with Crippen molar-refractivity contribution in [2.24, 2.45) is 5.92 Å². The molecule has 7 nitrogen and oxygen atoms in total. The summed E-state index contributed by atoms with van der Waals surface area (Å²) >= 11 is 0. The van der Waals surface area contributed by atoms with E-state index in [-0.39, 0.29) is 36.4 Å². The predicted octanol–water partition coefficient (Wildman–Crippen LogP) is 3.73. The van der Waals surface area contributed by atoms with Crippen molar-refractivity contribution in [1.29, 1.82) is 0 Å². The van der Waals surface area contributed by atoms with Crippen molar-refractivity contribution < 1.29 is 19.5 Å². The summed E-state index contributed by atoms with van der Waals surface area (Å²) in [6, 6.07) is 18.9. The first-order chi connectivity index (χ1) is 15.8. The fourth-order valence-electron chi connectivity index (χ4n) is 4.29. The van der Waals surface area contributed by atoms with Gasteiger partial charge in [-0.2, -0.15) is 0 Å². The monoisotopic (exact) mass is 445 g/mol. The number of nitrogens with one attached hydrogen (secondary N) is 2. The molecule has 2 heterocycles. The largest absolute Gasteiger partial charge is 0.480 e. The minimum atomic E-state index is -1.04. The molecule has 7 heteroatoms. The number of amides is 2. The highest BCUT2D eigenvalue weighted by Gasteiger charge is 2.39. The van der Waals surface area contributed by atoms with Crippen LogP contribution in [0, 0.1) is 5.92 Å². The summed E-state index contributed by atoms with van der Waals surface area (Å²) < 4.78 is 0. The fraction of sp³-hybridized carbons (Fsp3) is 0.269. The van der Waals surface area contributed by atoms with Gasteiger partial charge >= 0.3 is 5.97 Å². The van der Waals surface area contributed by atoms with Crippen molar-refractivity contribution in [2.45, 2.75) is 38.8 Å². The zero-order chi connectivity index (χ0) is 23.5. The highest BCUT2D eigenvalue weighted by Crippen LogP contribution is 2.33. The van der Waals surface area contributed by atoms with Crippen LogP contribution in [0.4, 0.5) is 5.69 Å². The van der Waals surface area contributed by atoms with Gasteiger partial charge in [-0.05, 0) is 35.2 Å². The molecule has 2 aromatic carbocycles. The molecule has 0 unspecified atom stereocenters. The Hall–Kier alpha value is -3.87. The molecule has 170 valence electrons. The second-order valence-electron chi connectivity index (χ2n) is 8.64. The topological polar surface area (TPSA) is 102 Å². The molecule has 3 aromatic rings. The number of anilines is 1. The molecule has 1 aliphatic rings. The van der Waals surface area contributed by atoms with Crippen LogP contribution in [0.15, 0.2) is 66.7 Å². The van der Waals surface area contributed by atoms with E-state index in [9.17, 15) is 19.5 Å². The maximum Gasteiger partial charge on any atom is 0.327 e. The molecule has 0 radical (unpaired) electrons. The molecule has 0 fully saturated rings. The van der Waals surface area contributed by atoms with E-state index < -0.39 is 17.9 Å². The van der Waals surface area contributed by atoms with Gasteiger partial charge in [-0.15, -0.1) is 0 Å². The lowest BCUT2D eigenvalue weighted by atomic mass is 10.0. The molecular weight excluding hydrogens is 418 g/mol. The molecule has 2 atom stereocenters. The van der Waals surface area contributed by atoms with Crippen molar-refractivity contribution in [3.63, 3.8) is 0 Å². The summed E-state index contributed by atoms with van der Waals surface area (Å²) in [7, 11) is 0. The van der Waals surface area contributed by atoms with Gasteiger partial charge in [0.25, 0.3) is 5.91 Å². The van der Waals surface area contributed by atoms with Crippen LogP contribution >= 0.6 is 0 Å². The number of nitrogens with zero attached hydrogens (tertiary/aromatic N) is 1. The van der Waals surface area contributed by atoms with Gasteiger partial charge in [0, 0.05) is 17.8 Å². The van der Waals surface area contributed by atoms with Crippen LogP contribution < -0.4 is 10.2 Å². The van der Waals surface area contributed by atoms with Crippen molar-refractivity contribution in [1.82, 2.24) is 10.3 Å². The molecule has 0 bridgehead atoms. The number of carbonyl (C=O) groups excluding carboxylic acids is 2. The third kappa shape index (κ3) is 4.67. The first kappa shape index (κ1) is 22.3. The number of benzene rings is 2. The summed E-state index contributed by atoms with van der Waals surface area (Å²) in [6.07, 6.45) is 0.538. The van der Waals surface area contributed by atoms with Gasteiger partial charge in [-0.25, -0.2) is 4.79 Å². The van der Waals surface area contributed by atoms with Gasteiger partial charge < -0.3 is 15.4 Å². The average molecular weight is 446 g/mol. The standard InChI is InChI=1S/C26H27N3O4/c1-16(2)24(28-23(30)14-17-8-4-3-5-9-17)19-12-13-20(27-19)25(31)29-21-11-7-6-10-18(21)15-22(29)26(32)33/h3-13,16,22,24,27H,14-15H2,1-2H3,(H,28,30)(H,32,33)/t22-,24-/m0/s1. The number of aliphatic carboxylic acids is 1. The van der Waals surface area contributed by atoms with E-state index in [1.807, 2.05) is 56.3 Å². The molecule has 4 rings (SSSR count). The minimum absolute atomic E-state index is 0.0746. The number of aromatic nitrogens is 1. The van der Waals surface area contributed by atoms with Gasteiger partial charge in [-0.1, -0.05) is 62.4 Å². The Morgan fingerprint density at radius 3 is 2.42 bits per heavy atom.